The molecule has 0 radical (unpaired) electrons. The van der Waals surface area contributed by atoms with Gasteiger partial charge in [-0.3, -0.25) is 0 Å². The minimum absolute atomic E-state index is 0.0629. The van der Waals surface area contributed by atoms with Gasteiger partial charge >= 0.3 is 5.97 Å². The van der Waals surface area contributed by atoms with E-state index in [0.717, 1.165) is 13.3 Å². The maximum atomic E-state index is 12.7. The number of nitrogens with one attached hydrogen (secondary N) is 1. The molecule has 0 aromatic heterocycles. The first-order valence-corrected chi connectivity index (χ1v) is 9.53. The van der Waals surface area contributed by atoms with Gasteiger partial charge in [0.15, 0.2) is 4.91 Å². The second-order valence-corrected chi connectivity index (χ2v) is 7.41. The fraction of sp³-hybridized carbons (Fsp3) is 0.167. The first kappa shape index (κ1) is 19.8. The van der Waals surface area contributed by atoms with Crippen molar-refractivity contribution in [3.63, 3.8) is 0 Å². The summed E-state index contributed by atoms with van der Waals surface area (Å²) in [5.74, 6) is -0.289. The first-order valence-electron chi connectivity index (χ1n) is 7.67. The average Bonchev–Trinajstić information content (AvgIpc) is 2.63. The van der Waals surface area contributed by atoms with Gasteiger partial charge < -0.3 is 14.8 Å². The zero-order valence-electron chi connectivity index (χ0n) is 14.2. The maximum absolute atomic E-state index is 12.7. The molecule has 0 atom stereocenters. The lowest BCUT2D eigenvalue weighted by Crippen LogP contribution is -2.16. The third kappa shape index (κ3) is 4.77. The van der Waals surface area contributed by atoms with E-state index >= 15 is 0 Å². The summed E-state index contributed by atoms with van der Waals surface area (Å²) < 4.78 is 35.4. The van der Waals surface area contributed by atoms with E-state index in [0.29, 0.717) is 23.1 Å². The van der Waals surface area contributed by atoms with Crippen molar-refractivity contribution in [1.82, 2.24) is 0 Å². The Kier molecular flexibility index (Phi) is 6.65. The molecule has 0 aliphatic rings. The van der Waals surface area contributed by atoms with Gasteiger partial charge in [-0.1, -0.05) is 11.6 Å². The van der Waals surface area contributed by atoms with E-state index in [1.54, 1.807) is 24.3 Å². The number of methoxy groups -OCH3 is 1. The fourth-order valence-corrected chi connectivity index (χ4v) is 3.44. The van der Waals surface area contributed by atoms with Crippen molar-refractivity contribution >= 4 is 33.1 Å². The summed E-state index contributed by atoms with van der Waals surface area (Å²) in [7, 11) is -2.96. The number of carbonyl (C=O) groups excluding carboxylic acids is 1. The van der Waals surface area contributed by atoms with Crippen LogP contribution in [-0.2, 0) is 19.4 Å². The van der Waals surface area contributed by atoms with Crippen LogP contribution in [0.1, 0.15) is 6.92 Å². The molecule has 26 heavy (non-hydrogen) atoms. The number of sulfone groups is 1. The Morgan fingerprint density at radius 3 is 2.27 bits per heavy atom. The molecule has 138 valence electrons. The first-order chi connectivity index (χ1) is 12.4. The highest BCUT2D eigenvalue weighted by molar-refractivity contribution is 7.96. The molecule has 0 aliphatic heterocycles. The number of esters is 1. The molecule has 8 heteroatoms. The summed E-state index contributed by atoms with van der Waals surface area (Å²) in [6.07, 6.45) is 1.10. The van der Waals surface area contributed by atoms with Crippen LogP contribution in [0.2, 0.25) is 5.02 Å². The van der Waals surface area contributed by atoms with Crippen LogP contribution in [-0.4, -0.2) is 28.1 Å². The van der Waals surface area contributed by atoms with E-state index in [9.17, 15) is 13.2 Å². The van der Waals surface area contributed by atoms with Crippen molar-refractivity contribution < 1.29 is 22.7 Å². The molecule has 0 amide bonds. The zero-order valence-corrected chi connectivity index (χ0v) is 15.8. The van der Waals surface area contributed by atoms with Gasteiger partial charge in [-0.05, 0) is 55.5 Å². The Hall–Kier alpha value is -2.51. The van der Waals surface area contributed by atoms with Gasteiger partial charge in [-0.25, -0.2) is 13.2 Å². The Morgan fingerprint density at radius 2 is 1.73 bits per heavy atom. The summed E-state index contributed by atoms with van der Waals surface area (Å²) in [5, 5.41) is 3.18. The standard InChI is InChI=1S/C18H18ClNO5S/c1-3-25-15-8-6-14(7-9-15)20-12-17(18(21)24-2)26(22,23)16-10-4-13(19)5-11-16/h4-12,20H,3H2,1-2H3/b17-12+. The highest BCUT2D eigenvalue weighted by atomic mass is 35.5. The van der Waals surface area contributed by atoms with E-state index in [1.165, 1.54) is 24.3 Å². The molecule has 0 spiro atoms. The molecule has 0 bridgehead atoms. The molecule has 2 rings (SSSR count). The van der Waals surface area contributed by atoms with Gasteiger partial charge in [0, 0.05) is 16.9 Å². The largest absolute Gasteiger partial charge is 0.494 e. The molecule has 0 heterocycles. The lowest BCUT2D eigenvalue weighted by atomic mass is 10.3. The number of hydrogen-bond donors (Lipinski definition) is 1. The monoisotopic (exact) mass is 395 g/mol. The molecule has 0 aliphatic carbocycles. The third-order valence-corrected chi connectivity index (χ3v) is 5.34. The van der Waals surface area contributed by atoms with Crippen LogP contribution in [0.4, 0.5) is 5.69 Å². The lowest BCUT2D eigenvalue weighted by Gasteiger charge is -2.09. The van der Waals surface area contributed by atoms with Gasteiger partial charge in [0.2, 0.25) is 9.84 Å². The summed E-state index contributed by atoms with van der Waals surface area (Å²) >= 11 is 5.78. The molecule has 0 unspecified atom stereocenters. The molecule has 2 aromatic rings. The molecule has 1 N–H and O–H groups in total. The van der Waals surface area contributed by atoms with Crippen LogP contribution in [0.25, 0.3) is 0 Å². The number of hydrogen-bond acceptors (Lipinski definition) is 6. The molecular weight excluding hydrogens is 378 g/mol. The van der Waals surface area contributed by atoms with Crippen molar-refractivity contribution in [2.24, 2.45) is 0 Å². The summed E-state index contributed by atoms with van der Waals surface area (Å²) in [5.41, 5.74) is 0.584. The predicted octanol–water partition coefficient (Wildman–Crippen LogP) is 3.64. The van der Waals surface area contributed by atoms with E-state index in [4.69, 9.17) is 16.3 Å². The Balaban J connectivity index is 2.33. The predicted molar refractivity (Wildman–Crippen MR) is 100.0 cm³/mol. The van der Waals surface area contributed by atoms with Crippen LogP contribution in [0, 0.1) is 0 Å². The Morgan fingerprint density at radius 1 is 1.12 bits per heavy atom. The van der Waals surface area contributed by atoms with E-state index < -0.39 is 20.7 Å². The van der Waals surface area contributed by atoms with Crippen LogP contribution in [0.15, 0.2) is 64.5 Å². The normalized spacial score (nSPS) is 11.7. The lowest BCUT2D eigenvalue weighted by molar-refractivity contribution is -0.135. The number of halogens is 1. The summed E-state index contributed by atoms with van der Waals surface area (Å²) in [4.78, 5) is 11.4. The Labute approximate surface area is 157 Å². The van der Waals surface area contributed by atoms with E-state index in [1.807, 2.05) is 6.92 Å². The molecule has 0 saturated heterocycles. The summed E-state index contributed by atoms with van der Waals surface area (Å²) in [6.45, 7) is 2.41. The molecule has 2 aromatic carbocycles. The number of carbonyl (C=O) groups is 1. The zero-order chi connectivity index (χ0) is 19.2. The highest BCUT2D eigenvalue weighted by Gasteiger charge is 2.28. The average molecular weight is 396 g/mol. The second kappa shape index (κ2) is 8.73. The van der Waals surface area contributed by atoms with Crippen molar-refractivity contribution in [1.29, 1.82) is 0 Å². The van der Waals surface area contributed by atoms with Crippen molar-refractivity contribution in [2.75, 3.05) is 19.0 Å². The van der Waals surface area contributed by atoms with Crippen LogP contribution in [0.3, 0.4) is 0 Å². The molecule has 6 nitrogen and oxygen atoms in total. The molecular formula is C18H18ClNO5S. The number of rotatable bonds is 7. The number of ether oxygens (including phenoxy) is 2. The maximum Gasteiger partial charge on any atom is 0.351 e. The summed E-state index contributed by atoms with van der Waals surface area (Å²) in [6, 6.07) is 12.4. The number of anilines is 1. The van der Waals surface area contributed by atoms with Gasteiger partial charge in [-0.2, -0.15) is 0 Å². The molecule has 0 saturated carbocycles. The SMILES string of the molecule is CCOc1ccc(N/C=C(\C(=O)OC)S(=O)(=O)c2ccc(Cl)cc2)cc1. The van der Waals surface area contributed by atoms with Crippen LogP contribution < -0.4 is 10.1 Å². The van der Waals surface area contributed by atoms with Gasteiger partial charge in [0.05, 0.1) is 18.6 Å². The smallest absolute Gasteiger partial charge is 0.351 e. The topological polar surface area (TPSA) is 81.7 Å². The Bertz CT molecular complexity index is 890. The van der Waals surface area contributed by atoms with Gasteiger partial charge in [0.25, 0.3) is 0 Å². The minimum atomic E-state index is -4.08. The minimum Gasteiger partial charge on any atom is -0.494 e. The van der Waals surface area contributed by atoms with Crippen LogP contribution >= 0.6 is 11.6 Å². The van der Waals surface area contributed by atoms with Crippen molar-refractivity contribution in [2.45, 2.75) is 11.8 Å². The second-order valence-electron chi connectivity index (χ2n) is 5.06. The van der Waals surface area contributed by atoms with Crippen LogP contribution in [0.5, 0.6) is 5.75 Å². The van der Waals surface area contributed by atoms with E-state index in [2.05, 4.69) is 10.1 Å². The highest BCUT2D eigenvalue weighted by Crippen LogP contribution is 2.23. The van der Waals surface area contributed by atoms with Crippen molar-refractivity contribution in [3.05, 3.63) is 64.7 Å². The molecule has 0 fully saturated rings. The van der Waals surface area contributed by atoms with Gasteiger partial charge in [-0.15, -0.1) is 0 Å². The number of benzene rings is 2. The third-order valence-electron chi connectivity index (χ3n) is 3.34. The van der Waals surface area contributed by atoms with E-state index in [-0.39, 0.29) is 4.90 Å². The van der Waals surface area contributed by atoms with Crippen molar-refractivity contribution in [3.8, 4) is 5.75 Å². The van der Waals surface area contributed by atoms with Gasteiger partial charge in [0.1, 0.15) is 5.75 Å². The quantitative estimate of drug-likeness (QED) is 0.569. The fourth-order valence-electron chi connectivity index (χ4n) is 2.05.